The summed E-state index contributed by atoms with van der Waals surface area (Å²) in [5.74, 6) is -1.37. The van der Waals surface area contributed by atoms with Crippen LogP contribution in [0.5, 0.6) is 0 Å². The molecule has 4 rings (SSSR count). The molecule has 0 saturated carbocycles. The van der Waals surface area contributed by atoms with Gasteiger partial charge in [0.1, 0.15) is 12.6 Å². The van der Waals surface area contributed by atoms with Crippen LogP contribution in [0.1, 0.15) is 35.6 Å². The average Bonchev–Trinajstić information content (AvgIpc) is 3.06. The Labute approximate surface area is 298 Å². The SMILES string of the molecule is CCCNC(=O)[C@H](Cc1ccccc1)N(Cc1ccc(Cl)c(Cl)c1)C(=O)CN(c1ccc(Cl)c(C(F)(F)F)c1)S(=O)(=O)c1ccc(C)cc1. The van der Waals surface area contributed by atoms with Crippen LogP contribution in [0.15, 0.2) is 95.9 Å². The van der Waals surface area contributed by atoms with Crippen LogP contribution in [-0.4, -0.2) is 44.3 Å². The Balaban J connectivity index is 1.87. The molecule has 4 aromatic rings. The molecule has 0 bridgehead atoms. The Morgan fingerprint density at radius 1 is 0.837 bits per heavy atom. The zero-order valence-electron chi connectivity index (χ0n) is 26.5. The molecule has 14 heteroatoms. The standard InChI is InChI=1S/C35H33Cl3F3N3O4S/c1-3-17-42-34(46)32(19-24-7-5-4-6-8-24)43(21-25-11-15-30(37)31(38)18-25)33(45)22-44(49(47,48)27-13-9-23(2)10-14-27)26-12-16-29(36)28(20-26)35(39,40)41/h4-16,18,20,32H,3,17,19,21-22H2,1-2H3,(H,42,46)/t32-/m0/s1. The molecule has 0 unspecified atom stereocenters. The molecule has 0 heterocycles. The van der Waals surface area contributed by atoms with E-state index in [1.54, 1.807) is 43.3 Å². The molecule has 7 nitrogen and oxygen atoms in total. The lowest BCUT2D eigenvalue weighted by atomic mass is 10.0. The number of alkyl halides is 3. The lowest BCUT2D eigenvalue weighted by Crippen LogP contribution is -2.53. The maximum absolute atomic E-state index is 14.5. The molecule has 0 fully saturated rings. The molecule has 0 aliphatic heterocycles. The van der Waals surface area contributed by atoms with Gasteiger partial charge in [-0.15, -0.1) is 0 Å². The van der Waals surface area contributed by atoms with Crippen molar-refractivity contribution in [2.45, 2.75) is 50.3 Å². The molecule has 0 radical (unpaired) electrons. The maximum Gasteiger partial charge on any atom is 0.417 e. The summed E-state index contributed by atoms with van der Waals surface area (Å²) in [6.07, 6.45) is -4.27. The molecule has 1 atom stereocenters. The fourth-order valence-corrected chi connectivity index (χ4v) is 6.96. The van der Waals surface area contributed by atoms with Crippen molar-refractivity contribution in [1.29, 1.82) is 0 Å². The fraction of sp³-hybridized carbons (Fsp3) is 0.257. The van der Waals surface area contributed by atoms with E-state index in [1.165, 1.54) is 41.3 Å². The van der Waals surface area contributed by atoms with Gasteiger partial charge in [-0.1, -0.05) is 95.8 Å². The number of anilines is 1. The number of nitrogens with zero attached hydrogens (tertiary/aromatic N) is 2. The fourth-order valence-electron chi connectivity index (χ4n) is 5.01. The Hall–Kier alpha value is -3.77. The van der Waals surface area contributed by atoms with Crippen molar-refractivity contribution < 1.29 is 31.2 Å². The highest BCUT2D eigenvalue weighted by Gasteiger charge is 2.37. The number of carbonyl (C=O) groups excluding carboxylic acids is 2. The van der Waals surface area contributed by atoms with E-state index in [0.717, 1.165) is 17.7 Å². The van der Waals surface area contributed by atoms with E-state index in [0.29, 0.717) is 34.5 Å². The third-order valence-corrected chi connectivity index (χ3v) is 10.4. The number of sulfonamides is 1. The number of hydrogen-bond donors (Lipinski definition) is 1. The first-order valence-corrected chi connectivity index (χ1v) is 17.7. The van der Waals surface area contributed by atoms with E-state index in [4.69, 9.17) is 34.8 Å². The van der Waals surface area contributed by atoms with Crippen LogP contribution in [0.25, 0.3) is 0 Å². The van der Waals surface area contributed by atoms with Crippen LogP contribution in [0.3, 0.4) is 0 Å². The molecule has 49 heavy (non-hydrogen) atoms. The van der Waals surface area contributed by atoms with Gasteiger partial charge in [0.25, 0.3) is 10.0 Å². The first-order valence-electron chi connectivity index (χ1n) is 15.1. The molecule has 0 aliphatic carbocycles. The number of aryl methyl sites for hydroxylation is 1. The molecule has 2 amide bonds. The highest BCUT2D eigenvalue weighted by Crippen LogP contribution is 2.38. The zero-order chi connectivity index (χ0) is 35.9. The highest BCUT2D eigenvalue weighted by atomic mass is 35.5. The van der Waals surface area contributed by atoms with E-state index in [1.807, 2.05) is 6.92 Å². The summed E-state index contributed by atoms with van der Waals surface area (Å²) in [5, 5.41) is 2.61. The Bertz CT molecular complexity index is 1890. The van der Waals surface area contributed by atoms with Crippen molar-refractivity contribution in [2.24, 2.45) is 0 Å². The quantitative estimate of drug-likeness (QED) is 0.149. The molecular weight excluding hydrogens is 722 g/mol. The molecular formula is C35H33Cl3F3N3O4S. The summed E-state index contributed by atoms with van der Waals surface area (Å²) < 4.78 is 70.8. The predicted octanol–water partition coefficient (Wildman–Crippen LogP) is 8.34. The molecule has 260 valence electrons. The van der Waals surface area contributed by atoms with Crippen LogP contribution in [-0.2, 0) is 38.8 Å². The van der Waals surface area contributed by atoms with Gasteiger partial charge in [0.15, 0.2) is 0 Å². The third kappa shape index (κ3) is 9.69. The van der Waals surface area contributed by atoms with Crippen LogP contribution in [0.2, 0.25) is 15.1 Å². The van der Waals surface area contributed by atoms with Crippen molar-refractivity contribution in [2.75, 3.05) is 17.4 Å². The second-order valence-electron chi connectivity index (χ2n) is 11.3. The molecule has 1 N–H and O–H groups in total. The number of rotatable bonds is 13. The summed E-state index contributed by atoms with van der Waals surface area (Å²) in [7, 11) is -4.64. The molecule has 4 aromatic carbocycles. The summed E-state index contributed by atoms with van der Waals surface area (Å²) in [4.78, 5) is 29.2. The van der Waals surface area contributed by atoms with Gasteiger partial charge in [-0.3, -0.25) is 13.9 Å². The Kier molecular flexibility index (Phi) is 12.6. The minimum absolute atomic E-state index is 0.0489. The first kappa shape index (κ1) is 38.0. The maximum atomic E-state index is 14.5. The zero-order valence-corrected chi connectivity index (χ0v) is 29.6. The first-order chi connectivity index (χ1) is 23.1. The molecule has 0 spiro atoms. The van der Waals surface area contributed by atoms with Crippen LogP contribution in [0, 0.1) is 6.92 Å². The van der Waals surface area contributed by atoms with Gasteiger partial charge in [-0.25, -0.2) is 8.42 Å². The lowest BCUT2D eigenvalue weighted by molar-refractivity contribution is -0.140. The smallest absolute Gasteiger partial charge is 0.354 e. The summed E-state index contributed by atoms with van der Waals surface area (Å²) in [6, 6.07) is 20.6. The number of amides is 2. The normalized spacial score (nSPS) is 12.3. The number of halogens is 6. The molecule has 0 aromatic heterocycles. The number of nitrogens with one attached hydrogen (secondary N) is 1. The van der Waals surface area contributed by atoms with Gasteiger partial charge >= 0.3 is 6.18 Å². The van der Waals surface area contributed by atoms with Crippen LogP contribution in [0.4, 0.5) is 18.9 Å². The van der Waals surface area contributed by atoms with Crippen molar-refractivity contribution in [3.05, 3.63) is 128 Å². The third-order valence-electron chi connectivity index (χ3n) is 7.59. The van der Waals surface area contributed by atoms with Crippen molar-refractivity contribution >= 4 is 62.3 Å². The lowest BCUT2D eigenvalue weighted by Gasteiger charge is -2.34. The van der Waals surface area contributed by atoms with E-state index in [-0.39, 0.29) is 27.9 Å². The average molecular weight is 755 g/mol. The predicted molar refractivity (Wildman–Crippen MR) is 186 cm³/mol. The minimum Gasteiger partial charge on any atom is -0.354 e. The number of benzene rings is 4. The van der Waals surface area contributed by atoms with Gasteiger partial charge < -0.3 is 10.2 Å². The second-order valence-corrected chi connectivity index (χ2v) is 14.3. The largest absolute Gasteiger partial charge is 0.417 e. The summed E-state index contributed by atoms with van der Waals surface area (Å²) in [5.41, 5.74) is 0.194. The molecule has 0 aliphatic rings. The van der Waals surface area contributed by atoms with E-state index < -0.39 is 56.9 Å². The van der Waals surface area contributed by atoms with E-state index >= 15 is 0 Å². The van der Waals surface area contributed by atoms with Gasteiger partial charge in [0, 0.05) is 19.5 Å². The van der Waals surface area contributed by atoms with Gasteiger partial charge in [0.2, 0.25) is 11.8 Å². The van der Waals surface area contributed by atoms with Crippen molar-refractivity contribution in [3.8, 4) is 0 Å². The van der Waals surface area contributed by atoms with Crippen LogP contribution < -0.4 is 9.62 Å². The number of hydrogen-bond acceptors (Lipinski definition) is 4. The summed E-state index contributed by atoms with van der Waals surface area (Å²) in [6.45, 7) is 2.74. The van der Waals surface area contributed by atoms with Gasteiger partial charge in [-0.2, -0.15) is 13.2 Å². The van der Waals surface area contributed by atoms with Crippen molar-refractivity contribution in [1.82, 2.24) is 10.2 Å². The minimum atomic E-state index is -4.92. The topological polar surface area (TPSA) is 86.8 Å². The van der Waals surface area contributed by atoms with E-state index in [9.17, 15) is 31.2 Å². The van der Waals surface area contributed by atoms with E-state index in [2.05, 4.69) is 5.32 Å². The molecule has 0 saturated heterocycles. The monoisotopic (exact) mass is 753 g/mol. The number of carbonyl (C=O) groups is 2. The highest BCUT2D eigenvalue weighted by molar-refractivity contribution is 7.92. The Morgan fingerprint density at radius 3 is 2.10 bits per heavy atom. The second kappa shape index (κ2) is 16.3. The van der Waals surface area contributed by atoms with Crippen LogP contribution >= 0.6 is 34.8 Å². The van der Waals surface area contributed by atoms with Crippen molar-refractivity contribution in [3.63, 3.8) is 0 Å². The Morgan fingerprint density at radius 2 is 1.49 bits per heavy atom. The van der Waals surface area contributed by atoms with Gasteiger partial charge in [-0.05, 0) is 66.9 Å². The van der Waals surface area contributed by atoms with Gasteiger partial charge in [0.05, 0.1) is 31.2 Å². The summed E-state index contributed by atoms with van der Waals surface area (Å²) >= 11 is 18.3.